The third-order valence-corrected chi connectivity index (χ3v) is 4.92. The van der Waals surface area contributed by atoms with E-state index in [4.69, 9.17) is 25.8 Å². The molecule has 2 amide bonds. The Hall–Kier alpha value is -4.48. The Morgan fingerprint density at radius 2 is 1.71 bits per heavy atom. The van der Waals surface area contributed by atoms with Gasteiger partial charge in [-0.1, -0.05) is 35.9 Å². The molecule has 0 aliphatic rings. The molecule has 0 atom stereocenters. The third-order valence-electron chi connectivity index (χ3n) is 4.69. The number of ether oxygens (including phenoxy) is 3. The van der Waals surface area contributed by atoms with Crippen molar-refractivity contribution >= 4 is 40.9 Å². The maximum Gasteiger partial charge on any atom is 0.266 e. The number of anilines is 2. The van der Waals surface area contributed by atoms with E-state index in [-0.39, 0.29) is 18.1 Å². The average Bonchev–Trinajstić information content (AvgIpc) is 2.86. The molecule has 2 N–H and O–H groups in total. The minimum Gasteiger partial charge on any atom is -0.495 e. The molecule has 9 heteroatoms. The molecule has 3 aromatic rings. The van der Waals surface area contributed by atoms with Crippen LogP contribution in [0.3, 0.4) is 0 Å². The van der Waals surface area contributed by atoms with Gasteiger partial charge < -0.3 is 24.8 Å². The van der Waals surface area contributed by atoms with Crippen LogP contribution in [0.4, 0.5) is 11.4 Å². The fourth-order valence-electron chi connectivity index (χ4n) is 3.05. The van der Waals surface area contributed by atoms with Crippen LogP contribution in [0.25, 0.3) is 6.08 Å². The second-order valence-corrected chi connectivity index (χ2v) is 7.52. The lowest BCUT2D eigenvalue weighted by atomic mass is 10.1. The number of carbonyl (C=O) groups excluding carboxylic acids is 2. The average molecular weight is 492 g/mol. The van der Waals surface area contributed by atoms with Crippen LogP contribution >= 0.6 is 11.6 Å². The Bertz CT molecular complexity index is 1300. The second-order valence-electron chi connectivity index (χ2n) is 7.08. The van der Waals surface area contributed by atoms with Gasteiger partial charge in [0.1, 0.15) is 17.4 Å². The Balaban J connectivity index is 1.68. The molecule has 8 nitrogen and oxygen atoms in total. The highest BCUT2D eigenvalue weighted by molar-refractivity contribution is 6.31. The van der Waals surface area contributed by atoms with E-state index >= 15 is 0 Å². The predicted octanol–water partition coefficient (Wildman–Crippen LogP) is 4.92. The summed E-state index contributed by atoms with van der Waals surface area (Å²) in [5.74, 6) is 0.215. The molecule has 0 aliphatic carbocycles. The van der Waals surface area contributed by atoms with Gasteiger partial charge in [-0.15, -0.1) is 0 Å². The molecule has 0 aromatic heterocycles. The van der Waals surface area contributed by atoms with Crippen molar-refractivity contribution in [1.82, 2.24) is 0 Å². The zero-order valence-electron chi connectivity index (χ0n) is 19.0. The molecular formula is C26H22ClN3O5. The molecule has 35 heavy (non-hydrogen) atoms. The zero-order valence-corrected chi connectivity index (χ0v) is 19.8. The third kappa shape index (κ3) is 7.00. The molecule has 0 heterocycles. The van der Waals surface area contributed by atoms with Crippen molar-refractivity contribution in [2.45, 2.75) is 0 Å². The van der Waals surface area contributed by atoms with Gasteiger partial charge in [0, 0.05) is 10.7 Å². The number of halogens is 1. The summed E-state index contributed by atoms with van der Waals surface area (Å²) in [5, 5.41) is 15.3. The van der Waals surface area contributed by atoms with Crippen molar-refractivity contribution in [1.29, 1.82) is 5.26 Å². The van der Waals surface area contributed by atoms with Crippen LogP contribution in [0.5, 0.6) is 17.2 Å². The first-order valence-electron chi connectivity index (χ1n) is 10.4. The number of nitriles is 1. The summed E-state index contributed by atoms with van der Waals surface area (Å²) in [4.78, 5) is 24.8. The van der Waals surface area contributed by atoms with Crippen LogP contribution in [0.1, 0.15) is 5.56 Å². The molecule has 0 spiro atoms. The van der Waals surface area contributed by atoms with Crippen molar-refractivity contribution in [2.75, 3.05) is 31.5 Å². The van der Waals surface area contributed by atoms with Gasteiger partial charge in [-0.05, 0) is 54.1 Å². The molecular weight excluding hydrogens is 470 g/mol. The minimum atomic E-state index is -0.581. The standard InChI is InChI=1S/C26H22ClN3O5/c1-33-22-9-4-3-8-21(22)30-25(31)16-35-23-11-10-17(13-24(23)34-2)12-18(15-28)26(32)29-20-7-5-6-19(27)14-20/h3-14H,16H2,1-2H3,(H,29,32)(H,30,31). The number of nitrogens with zero attached hydrogens (tertiary/aromatic N) is 1. The van der Waals surface area contributed by atoms with Gasteiger partial charge in [0.05, 0.1) is 19.9 Å². The molecule has 0 radical (unpaired) electrons. The summed E-state index contributed by atoms with van der Waals surface area (Å²) in [6.45, 7) is -0.269. The topological polar surface area (TPSA) is 110 Å². The largest absolute Gasteiger partial charge is 0.495 e. The minimum absolute atomic E-state index is 0.114. The Morgan fingerprint density at radius 1 is 0.943 bits per heavy atom. The van der Waals surface area contributed by atoms with Gasteiger partial charge in [-0.25, -0.2) is 0 Å². The highest BCUT2D eigenvalue weighted by Gasteiger charge is 2.13. The monoisotopic (exact) mass is 491 g/mol. The first kappa shape index (κ1) is 25.1. The molecule has 0 saturated heterocycles. The number of carbonyl (C=O) groups is 2. The molecule has 3 rings (SSSR count). The van der Waals surface area contributed by atoms with Gasteiger partial charge in [0.15, 0.2) is 18.1 Å². The van der Waals surface area contributed by atoms with Crippen molar-refractivity contribution in [3.8, 4) is 23.3 Å². The van der Waals surface area contributed by atoms with Crippen LogP contribution in [0, 0.1) is 11.3 Å². The molecule has 3 aromatic carbocycles. The van der Waals surface area contributed by atoms with Gasteiger partial charge in [0.25, 0.3) is 11.8 Å². The molecule has 0 unspecified atom stereocenters. The summed E-state index contributed by atoms with van der Waals surface area (Å²) in [6, 6.07) is 20.3. The summed E-state index contributed by atoms with van der Waals surface area (Å²) >= 11 is 5.93. The van der Waals surface area contributed by atoms with E-state index in [0.29, 0.717) is 39.2 Å². The first-order valence-corrected chi connectivity index (χ1v) is 10.7. The van der Waals surface area contributed by atoms with Crippen molar-refractivity contribution in [3.05, 3.63) is 82.9 Å². The number of amides is 2. The normalized spacial score (nSPS) is 10.6. The van der Waals surface area contributed by atoms with E-state index in [2.05, 4.69) is 10.6 Å². The van der Waals surface area contributed by atoms with Gasteiger partial charge in [-0.2, -0.15) is 5.26 Å². The highest BCUT2D eigenvalue weighted by atomic mass is 35.5. The summed E-state index contributed by atoms with van der Waals surface area (Å²) < 4.78 is 16.2. The van der Waals surface area contributed by atoms with Crippen LogP contribution < -0.4 is 24.8 Å². The highest BCUT2D eigenvalue weighted by Crippen LogP contribution is 2.29. The summed E-state index contributed by atoms with van der Waals surface area (Å²) in [5.41, 5.74) is 1.41. The first-order chi connectivity index (χ1) is 16.9. The second kappa shape index (κ2) is 12.1. The fourth-order valence-corrected chi connectivity index (χ4v) is 3.24. The smallest absolute Gasteiger partial charge is 0.266 e. The number of benzene rings is 3. The van der Waals surface area contributed by atoms with E-state index in [9.17, 15) is 14.9 Å². The van der Waals surface area contributed by atoms with Crippen molar-refractivity contribution in [3.63, 3.8) is 0 Å². The van der Waals surface area contributed by atoms with Crippen LogP contribution in [0.2, 0.25) is 5.02 Å². The van der Waals surface area contributed by atoms with E-state index in [1.807, 2.05) is 6.07 Å². The van der Waals surface area contributed by atoms with Crippen molar-refractivity contribution < 1.29 is 23.8 Å². The van der Waals surface area contributed by atoms with Gasteiger partial charge in [0.2, 0.25) is 0 Å². The number of rotatable bonds is 9. The SMILES string of the molecule is COc1ccccc1NC(=O)COc1ccc(C=C(C#N)C(=O)Nc2cccc(Cl)c2)cc1OC. The van der Waals surface area contributed by atoms with E-state index in [1.165, 1.54) is 20.3 Å². The number of hydrogen-bond acceptors (Lipinski definition) is 6. The summed E-state index contributed by atoms with van der Waals surface area (Å²) in [6.07, 6.45) is 1.42. The number of nitrogens with one attached hydrogen (secondary N) is 2. The molecule has 178 valence electrons. The Morgan fingerprint density at radius 3 is 2.43 bits per heavy atom. The van der Waals surface area contributed by atoms with Crippen LogP contribution in [0.15, 0.2) is 72.3 Å². The van der Waals surface area contributed by atoms with Crippen LogP contribution in [-0.4, -0.2) is 32.6 Å². The number of para-hydroxylation sites is 2. The lowest BCUT2D eigenvalue weighted by Gasteiger charge is -2.13. The Labute approximate surface area is 207 Å². The molecule has 0 fully saturated rings. The van der Waals surface area contributed by atoms with Crippen LogP contribution in [-0.2, 0) is 9.59 Å². The molecule has 0 saturated carbocycles. The van der Waals surface area contributed by atoms with E-state index in [0.717, 1.165) is 0 Å². The predicted molar refractivity (Wildman–Crippen MR) is 134 cm³/mol. The van der Waals surface area contributed by atoms with Gasteiger partial charge >= 0.3 is 0 Å². The number of hydrogen-bond donors (Lipinski definition) is 2. The summed E-state index contributed by atoms with van der Waals surface area (Å²) in [7, 11) is 2.96. The maximum atomic E-state index is 12.5. The van der Waals surface area contributed by atoms with Gasteiger partial charge in [-0.3, -0.25) is 9.59 Å². The fraction of sp³-hybridized carbons (Fsp3) is 0.115. The lowest BCUT2D eigenvalue weighted by Crippen LogP contribution is -2.20. The number of methoxy groups -OCH3 is 2. The Kier molecular flexibility index (Phi) is 8.70. The quantitative estimate of drug-likeness (QED) is 0.325. The van der Waals surface area contributed by atoms with Crippen molar-refractivity contribution in [2.24, 2.45) is 0 Å². The molecule has 0 bridgehead atoms. The van der Waals surface area contributed by atoms with E-state index < -0.39 is 5.91 Å². The lowest BCUT2D eigenvalue weighted by molar-refractivity contribution is -0.118. The molecule has 0 aliphatic heterocycles. The van der Waals surface area contributed by atoms with E-state index in [1.54, 1.807) is 66.7 Å². The zero-order chi connectivity index (χ0) is 25.2. The maximum absolute atomic E-state index is 12.5.